The monoisotopic (exact) mass is 162 g/mol. The highest BCUT2D eigenvalue weighted by molar-refractivity contribution is 7.83. The predicted molar refractivity (Wildman–Crippen MR) is 47.1 cm³/mol. The minimum absolute atomic E-state index is 0.613. The zero-order valence-corrected chi connectivity index (χ0v) is 6.82. The van der Waals surface area contributed by atoms with Gasteiger partial charge < -0.3 is 4.74 Å². The summed E-state index contributed by atoms with van der Waals surface area (Å²) in [5.74, 6) is 0. The van der Waals surface area contributed by atoms with Crippen molar-refractivity contribution < 1.29 is 4.74 Å². The summed E-state index contributed by atoms with van der Waals surface area (Å²) in [5.41, 5.74) is 0. The molecule has 0 N–H and O–H groups in total. The van der Waals surface area contributed by atoms with E-state index in [4.69, 9.17) is 4.74 Å². The molecule has 0 radical (unpaired) electrons. The summed E-state index contributed by atoms with van der Waals surface area (Å²) >= 11 is 7.70. The molecular formula is C6H10OS2. The van der Waals surface area contributed by atoms with Crippen molar-refractivity contribution in [3.63, 3.8) is 0 Å². The molecule has 3 heteroatoms. The largest absolute Gasteiger partial charge is 0.373 e. The van der Waals surface area contributed by atoms with E-state index in [-0.39, 0.29) is 0 Å². The lowest BCUT2D eigenvalue weighted by Crippen LogP contribution is -1.88. The van der Waals surface area contributed by atoms with E-state index >= 15 is 0 Å². The Morgan fingerprint density at radius 3 is 1.78 bits per heavy atom. The van der Waals surface area contributed by atoms with Gasteiger partial charge in [-0.1, -0.05) is 12.2 Å². The van der Waals surface area contributed by atoms with Crippen LogP contribution in [-0.4, -0.2) is 13.2 Å². The number of hydrogen-bond donors (Lipinski definition) is 2. The average molecular weight is 162 g/mol. The van der Waals surface area contributed by atoms with Crippen molar-refractivity contribution in [3.05, 3.63) is 23.0 Å². The van der Waals surface area contributed by atoms with E-state index < -0.39 is 0 Å². The third kappa shape index (κ3) is 8.14. The second-order valence-electron chi connectivity index (χ2n) is 1.31. The molecule has 0 unspecified atom stereocenters. The molecule has 0 spiro atoms. The Morgan fingerprint density at radius 2 is 1.44 bits per heavy atom. The van der Waals surface area contributed by atoms with Gasteiger partial charge in [0.15, 0.2) is 0 Å². The molecule has 0 aromatic rings. The minimum atomic E-state index is 0.613. The van der Waals surface area contributed by atoms with Crippen molar-refractivity contribution in [1.82, 2.24) is 0 Å². The third-order valence-corrected chi connectivity index (χ3v) is 1.06. The molecule has 0 rings (SSSR count). The number of ether oxygens (including phenoxy) is 1. The summed E-state index contributed by atoms with van der Waals surface area (Å²) in [6, 6.07) is 0. The van der Waals surface area contributed by atoms with Crippen molar-refractivity contribution in [2.45, 2.75) is 0 Å². The maximum atomic E-state index is 5.04. The first-order valence-corrected chi connectivity index (χ1v) is 3.61. The molecule has 0 aliphatic carbocycles. The molecule has 0 aliphatic heterocycles. The highest BCUT2D eigenvalue weighted by atomic mass is 32.1. The van der Waals surface area contributed by atoms with Gasteiger partial charge in [0, 0.05) is 0 Å². The summed E-state index contributed by atoms with van der Waals surface area (Å²) in [4.78, 5) is 0. The van der Waals surface area contributed by atoms with Gasteiger partial charge in [0.2, 0.25) is 0 Å². The van der Waals surface area contributed by atoms with E-state index in [1.54, 1.807) is 10.8 Å². The standard InChI is InChI=1S/C6H10OS2/c8-5-1-3-7-4-2-6-9/h1-2,5-6,8-9H,3-4H2. The van der Waals surface area contributed by atoms with Gasteiger partial charge in [-0.15, -0.1) is 0 Å². The average Bonchev–Trinajstić information content (AvgIpc) is 1.89. The normalized spacial score (nSPS) is 11.8. The van der Waals surface area contributed by atoms with E-state index in [1.165, 1.54) is 0 Å². The number of hydrogen-bond acceptors (Lipinski definition) is 3. The molecule has 52 valence electrons. The van der Waals surface area contributed by atoms with Crippen LogP contribution in [0.5, 0.6) is 0 Å². The Labute approximate surface area is 66.6 Å². The molecule has 0 fully saturated rings. The summed E-state index contributed by atoms with van der Waals surface area (Å²) in [7, 11) is 0. The summed E-state index contributed by atoms with van der Waals surface area (Å²) in [6.07, 6.45) is 3.66. The van der Waals surface area contributed by atoms with Crippen LogP contribution in [0.25, 0.3) is 0 Å². The first-order valence-electron chi connectivity index (χ1n) is 2.58. The van der Waals surface area contributed by atoms with Crippen LogP contribution in [0, 0.1) is 0 Å². The van der Waals surface area contributed by atoms with Gasteiger partial charge in [0.25, 0.3) is 0 Å². The fraction of sp³-hybridized carbons (Fsp3) is 0.333. The van der Waals surface area contributed by atoms with E-state index in [1.807, 2.05) is 12.2 Å². The first kappa shape index (κ1) is 9.14. The molecule has 0 heterocycles. The Kier molecular flexibility index (Phi) is 8.27. The molecule has 9 heavy (non-hydrogen) atoms. The van der Waals surface area contributed by atoms with Crippen LogP contribution >= 0.6 is 25.3 Å². The van der Waals surface area contributed by atoms with Crippen molar-refractivity contribution in [2.75, 3.05) is 13.2 Å². The van der Waals surface area contributed by atoms with Crippen LogP contribution in [0.2, 0.25) is 0 Å². The highest BCUT2D eigenvalue weighted by Gasteiger charge is 1.74. The van der Waals surface area contributed by atoms with Crippen LogP contribution in [-0.2, 0) is 4.74 Å². The van der Waals surface area contributed by atoms with Gasteiger partial charge in [-0.2, -0.15) is 25.3 Å². The molecule has 0 bridgehead atoms. The second-order valence-corrected chi connectivity index (χ2v) is 1.90. The first-order chi connectivity index (χ1) is 4.41. The molecule has 0 atom stereocenters. The lowest BCUT2D eigenvalue weighted by atomic mass is 10.6. The predicted octanol–water partition coefficient (Wildman–Crippen LogP) is 1.89. The third-order valence-electron chi connectivity index (χ3n) is 0.639. The second kappa shape index (κ2) is 8.14. The Hall–Kier alpha value is 0.140. The fourth-order valence-corrected chi connectivity index (χ4v) is 0.462. The van der Waals surface area contributed by atoms with Crippen LogP contribution in [0.15, 0.2) is 23.0 Å². The minimum Gasteiger partial charge on any atom is -0.373 e. The lowest BCUT2D eigenvalue weighted by Gasteiger charge is -1.91. The molecule has 0 aliphatic rings. The van der Waals surface area contributed by atoms with Crippen molar-refractivity contribution >= 4 is 25.3 Å². The quantitative estimate of drug-likeness (QED) is 0.474. The van der Waals surface area contributed by atoms with Crippen LogP contribution in [0.3, 0.4) is 0 Å². The Morgan fingerprint density at radius 1 is 1.00 bits per heavy atom. The molecule has 0 saturated carbocycles. The molecule has 0 aromatic carbocycles. The van der Waals surface area contributed by atoms with Crippen molar-refractivity contribution in [1.29, 1.82) is 0 Å². The number of rotatable bonds is 4. The van der Waals surface area contributed by atoms with Gasteiger partial charge in [0.1, 0.15) is 0 Å². The topological polar surface area (TPSA) is 9.23 Å². The fourth-order valence-electron chi connectivity index (χ4n) is 0.290. The van der Waals surface area contributed by atoms with Crippen molar-refractivity contribution in [3.8, 4) is 0 Å². The van der Waals surface area contributed by atoms with Gasteiger partial charge in [-0.3, -0.25) is 0 Å². The van der Waals surface area contributed by atoms with Gasteiger partial charge in [-0.05, 0) is 10.8 Å². The molecule has 1 nitrogen and oxygen atoms in total. The molecule has 0 saturated heterocycles. The molecule has 0 amide bonds. The van der Waals surface area contributed by atoms with Gasteiger partial charge >= 0.3 is 0 Å². The van der Waals surface area contributed by atoms with Crippen LogP contribution in [0.4, 0.5) is 0 Å². The summed E-state index contributed by atoms with van der Waals surface area (Å²) in [5, 5.41) is 3.31. The highest BCUT2D eigenvalue weighted by Crippen LogP contribution is 1.82. The van der Waals surface area contributed by atoms with Gasteiger partial charge in [0.05, 0.1) is 13.2 Å². The zero-order chi connectivity index (χ0) is 6.95. The SMILES string of the molecule is SC=CCOCC=CS. The Bertz CT molecular complexity index is 87.2. The lowest BCUT2D eigenvalue weighted by molar-refractivity contribution is 0.194. The summed E-state index contributed by atoms with van der Waals surface area (Å²) in [6.45, 7) is 1.23. The van der Waals surface area contributed by atoms with E-state index in [2.05, 4.69) is 25.3 Å². The zero-order valence-electron chi connectivity index (χ0n) is 5.03. The molecule has 0 aromatic heterocycles. The van der Waals surface area contributed by atoms with Crippen molar-refractivity contribution in [2.24, 2.45) is 0 Å². The summed E-state index contributed by atoms with van der Waals surface area (Å²) < 4.78 is 5.04. The Balaban J connectivity index is 2.91. The molecular weight excluding hydrogens is 152 g/mol. The smallest absolute Gasteiger partial charge is 0.0659 e. The maximum absolute atomic E-state index is 5.04. The number of thiol groups is 2. The van der Waals surface area contributed by atoms with Gasteiger partial charge in [-0.25, -0.2) is 0 Å². The van der Waals surface area contributed by atoms with E-state index in [9.17, 15) is 0 Å². The van der Waals surface area contributed by atoms with E-state index in [0.717, 1.165) is 0 Å². The van der Waals surface area contributed by atoms with E-state index in [0.29, 0.717) is 13.2 Å². The van der Waals surface area contributed by atoms with Crippen LogP contribution < -0.4 is 0 Å². The maximum Gasteiger partial charge on any atom is 0.0659 e. The van der Waals surface area contributed by atoms with Crippen LogP contribution in [0.1, 0.15) is 0 Å².